The van der Waals surface area contributed by atoms with Gasteiger partial charge < -0.3 is 19.9 Å². The number of primary amides is 1. The number of fused-ring (bicyclic) bond motifs is 1. The summed E-state index contributed by atoms with van der Waals surface area (Å²) in [5.74, 6) is -0.0216. The fraction of sp³-hybridized carbons (Fsp3) is 0.0690. The number of carbonyl (C=O) groups excluding carboxylic acids is 1. The molecule has 3 aromatic carbocycles. The van der Waals surface area contributed by atoms with Crippen LogP contribution in [0.1, 0.15) is 5.56 Å². The Kier molecular flexibility index (Phi) is 7.61. The van der Waals surface area contributed by atoms with Gasteiger partial charge in [0.2, 0.25) is 0 Å². The maximum Gasteiger partial charge on any atom is 0.324 e. The highest BCUT2D eigenvalue weighted by atomic mass is 35.5. The second kappa shape index (κ2) is 11.4. The summed E-state index contributed by atoms with van der Waals surface area (Å²) in [6, 6.07) is 15.1. The van der Waals surface area contributed by atoms with Crippen molar-refractivity contribution in [3.05, 3.63) is 108 Å². The van der Waals surface area contributed by atoms with Crippen molar-refractivity contribution in [1.82, 2.24) is 9.97 Å². The molecule has 0 aliphatic carbocycles. The van der Waals surface area contributed by atoms with Crippen LogP contribution < -0.4 is 24.8 Å². The Bertz CT molecular complexity index is 1710. The summed E-state index contributed by atoms with van der Waals surface area (Å²) in [5, 5.41) is 0.686. The lowest BCUT2D eigenvalue weighted by Gasteiger charge is -2.22. The lowest BCUT2D eigenvalue weighted by atomic mass is 10.1. The van der Waals surface area contributed by atoms with Crippen LogP contribution in [0.25, 0.3) is 10.9 Å². The highest BCUT2D eigenvalue weighted by Crippen LogP contribution is 2.40. The van der Waals surface area contributed by atoms with E-state index in [4.69, 9.17) is 31.5 Å². The number of anilines is 2. The number of aromatic nitrogens is 2. The number of urea groups is 1. The van der Waals surface area contributed by atoms with Crippen molar-refractivity contribution in [2.24, 2.45) is 5.73 Å². The minimum absolute atomic E-state index is 0.0442. The van der Waals surface area contributed by atoms with Crippen molar-refractivity contribution in [2.75, 3.05) is 12.0 Å². The Labute approximate surface area is 232 Å². The maximum absolute atomic E-state index is 14.4. The zero-order chi connectivity index (χ0) is 28.2. The smallest absolute Gasteiger partial charge is 0.324 e. The van der Waals surface area contributed by atoms with Gasteiger partial charge >= 0.3 is 6.03 Å². The predicted molar refractivity (Wildman–Crippen MR) is 146 cm³/mol. The molecule has 0 aliphatic rings. The van der Waals surface area contributed by atoms with Gasteiger partial charge in [-0.25, -0.2) is 13.6 Å². The number of pyridine rings is 2. The fourth-order valence-electron chi connectivity index (χ4n) is 4.02. The predicted octanol–water partition coefficient (Wildman–Crippen LogP) is 7.16. The fourth-order valence-corrected chi connectivity index (χ4v) is 4.27. The number of nitrogens with two attached hydrogens (primary N) is 1. The molecule has 0 saturated carbocycles. The average Bonchev–Trinajstić information content (AvgIpc) is 2.94. The third-order valence-corrected chi connectivity index (χ3v) is 6.19. The third kappa shape index (κ3) is 5.57. The third-order valence-electron chi connectivity index (χ3n) is 5.89. The highest BCUT2D eigenvalue weighted by molar-refractivity contribution is 6.34. The van der Waals surface area contributed by atoms with Crippen molar-refractivity contribution in [1.29, 1.82) is 0 Å². The monoisotopic (exact) mass is 562 g/mol. The number of carbonyl (C=O) groups is 1. The van der Waals surface area contributed by atoms with Gasteiger partial charge in [-0.3, -0.25) is 14.9 Å². The molecule has 0 unspecified atom stereocenters. The van der Waals surface area contributed by atoms with E-state index < -0.39 is 17.7 Å². The number of nitrogens with zero attached hydrogens (tertiary/aromatic N) is 3. The summed E-state index contributed by atoms with van der Waals surface area (Å²) in [6.45, 7) is 0.315. The number of rotatable bonds is 8. The maximum atomic E-state index is 14.4. The van der Waals surface area contributed by atoms with E-state index in [1.54, 1.807) is 36.8 Å². The Morgan fingerprint density at radius 2 is 1.70 bits per heavy atom. The van der Waals surface area contributed by atoms with Crippen molar-refractivity contribution in [3.63, 3.8) is 0 Å². The lowest BCUT2D eigenvalue weighted by Crippen LogP contribution is -2.32. The van der Waals surface area contributed by atoms with Crippen LogP contribution in [0.15, 0.2) is 85.3 Å². The number of benzene rings is 3. The first-order chi connectivity index (χ1) is 19.3. The summed E-state index contributed by atoms with van der Waals surface area (Å²) < 4.78 is 45.4. The molecular formula is C29H21ClF2N4O4. The highest BCUT2D eigenvalue weighted by Gasteiger charge is 2.22. The number of hydrogen-bond donors (Lipinski definition) is 1. The van der Waals surface area contributed by atoms with E-state index in [9.17, 15) is 13.6 Å². The molecule has 0 bridgehead atoms. The topological polar surface area (TPSA) is 99.8 Å². The van der Waals surface area contributed by atoms with Crippen LogP contribution in [0, 0.1) is 11.6 Å². The molecule has 2 N–H and O–H groups in total. The van der Waals surface area contributed by atoms with E-state index in [2.05, 4.69) is 9.97 Å². The van der Waals surface area contributed by atoms with E-state index in [1.165, 1.54) is 25.3 Å². The molecule has 0 radical (unpaired) electrons. The first-order valence-electron chi connectivity index (χ1n) is 11.8. The average molecular weight is 563 g/mol. The molecule has 0 saturated heterocycles. The van der Waals surface area contributed by atoms with E-state index in [1.807, 2.05) is 12.1 Å². The first kappa shape index (κ1) is 26.6. The van der Waals surface area contributed by atoms with Crippen LogP contribution in [0.2, 0.25) is 5.02 Å². The number of halogens is 3. The van der Waals surface area contributed by atoms with E-state index >= 15 is 0 Å². The van der Waals surface area contributed by atoms with Gasteiger partial charge in [0.1, 0.15) is 29.7 Å². The van der Waals surface area contributed by atoms with Crippen molar-refractivity contribution < 1.29 is 27.8 Å². The van der Waals surface area contributed by atoms with Gasteiger partial charge in [-0.1, -0.05) is 11.6 Å². The molecule has 2 amide bonds. The van der Waals surface area contributed by atoms with Gasteiger partial charge in [-0.2, -0.15) is 0 Å². The number of hydrogen-bond acceptors (Lipinski definition) is 6. The summed E-state index contributed by atoms with van der Waals surface area (Å²) in [4.78, 5) is 21.5. The molecule has 0 aliphatic heterocycles. The summed E-state index contributed by atoms with van der Waals surface area (Å²) >= 11 is 6.46. The van der Waals surface area contributed by atoms with Crippen LogP contribution in [-0.4, -0.2) is 23.1 Å². The Hall–Kier alpha value is -4.96. The Morgan fingerprint density at radius 3 is 2.40 bits per heavy atom. The molecule has 5 aromatic rings. The van der Waals surface area contributed by atoms with Crippen LogP contribution in [-0.2, 0) is 6.61 Å². The molecule has 11 heteroatoms. The molecule has 40 heavy (non-hydrogen) atoms. The van der Waals surface area contributed by atoms with Crippen LogP contribution in [0.3, 0.4) is 0 Å². The molecule has 5 rings (SSSR count). The molecule has 2 aromatic heterocycles. The van der Waals surface area contributed by atoms with Gasteiger partial charge in [-0.05, 0) is 54.1 Å². The van der Waals surface area contributed by atoms with Crippen molar-refractivity contribution in [2.45, 2.75) is 6.61 Å². The van der Waals surface area contributed by atoms with E-state index in [-0.39, 0.29) is 16.4 Å². The standard InChI is InChI=1S/C29H21ClF2N4O4/c1-38-27-14-20-23(15-28(27)39-16-17-6-9-34-10-7-17)35-11-8-26(20)40-19-3-5-24(21(30)13-19)36(29(33)37)25-4-2-18(31)12-22(25)32/h2-15H,16H2,1H3,(H2,33,37). The number of methoxy groups -OCH3 is 1. The van der Waals surface area contributed by atoms with Crippen LogP contribution >= 0.6 is 11.6 Å². The SMILES string of the molecule is COc1cc2c(Oc3ccc(N(C(N)=O)c4ccc(F)cc4F)c(Cl)c3)ccnc2cc1OCc1ccncc1. The molecule has 0 spiro atoms. The lowest BCUT2D eigenvalue weighted by molar-refractivity contribution is 0.256. The van der Waals surface area contributed by atoms with Gasteiger partial charge in [0.15, 0.2) is 11.5 Å². The molecule has 8 nitrogen and oxygen atoms in total. The van der Waals surface area contributed by atoms with Gasteiger partial charge in [0.05, 0.1) is 29.0 Å². The normalized spacial score (nSPS) is 10.8. The zero-order valence-corrected chi connectivity index (χ0v) is 21.7. The molecule has 0 fully saturated rings. The minimum Gasteiger partial charge on any atom is -0.493 e. The summed E-state index contributed by atoms with van der Waals surface area (Å²) in [5.41, 5.74) is 6.87. The molecule has 2 heterocycles. The Morgan fingerprint density at radius 1 is 0.925 bits per heavy atom. The zero-order valence-electron chi connectivity index (χ0n) is 21.0. The summed E-state index contributed by atoms with van der Waals surface area (Å²) in [7, 11) is 1.53. The Balaban J connectivity index is 1.44. The molecular weight excluding hydrogens is 542 g/mol. The second-order valence-corrected chi connectivity index (χ2v) is 8.87. The van der Waals surface area contributed by atoms with Crippen molar-refractivity contribution in [3.8, 4) is 23.0 Å². The van der Waals surface area contributed by atoms with E-state index in [0.717, 1.165) is 22.6 Å². The van der Waals surface area contributed by atoms with Crippen molar-refractivity contribution >= 4 is 39.9 Å². The van der Waals surface area contributed by atoms with Gasteiger partial charge in [0.25, 0.3) is 0 Å². The number of amides is 2. The van der Waals surface area contributed by atoms with Crippen LogP contribution in [0.4, 0.5) is 25.0 Å². The van der Waals surface area contributed by atoms with Gasteiger partial charge in [0, 0.05) is 42.2 Å². The number of ether oxygens (including phenoxy) is 3. The molecule has 0 atom stereocenters. The van der Waals surface area contributed by atoms with Gasteiger partial charge in [-0.15, -0.1) is 0 Å². The summed E-state index contributed by atoms with van der Waals surface area (Å²) in [6.07, 6.45) is 4.96. The largest absolute Gasteiger partial charge is 0.493 e. The quantitative estimate of drug-likeness (QED) is 0.215. The molecule has 202 valence electrons. The van der Waals surface area contributed by atoms with E-state index in [0.29, 0.717) is 46.6 Å². The minimum atomic E-state index is -1.00. The van der Waals surface area contributed by atoms with Crippen LogP contribution in [0.5, 0.6) is 23.0 Å². The second-order valence-electron chi connectivity index (χ2n) is 8.46. The first-order valence-corrected chi connectivity index (χ1v) is 12.2.